The molecule has 0 bridgehead atoms. The second kappa shape index (κ2) is 8.79. The van der Waals surface area contributed by atoms with Gasteiger partial charge in [-0.15, -0.1) is 0 Å². The van der Waals surface area contributed by atoms with Gasteiger partial charge in [-0.1, -0.05) is 19.8 Å². The highest BCUT2D eigenvalue weighted by molar-refractivity contribution is 5.82. The van der Waals surface area contributed by atoms with Crippen LogP contribution in [-0.2, 0) is 9.53 Å². The highest BCUT2D eigenvalue weighted by Crippen LogP contribution is 2.15. The first-order chi connectivity index (χ1) is 9.54. The third-order valence-corrected chi connectivity index (χ3v) is 3.66. The maximum Gasteiger partial charge on any atom is 0.326 e. The summed E-state index contributed by atoms with van der Waals surface area (Å²) in [6.07, 6.45) is 4.09. The number of aliphatic carboxylic acids is 1. The third-order valence-electron chi connectivity index (χ3n) is 3.66. The van der Waals surface area contributed by atoms with Gasteiger partial charge in [-0.25, -0.2) is 9.59 Å². The molecule has 6 heteroatoms. The van der Waals surface area contributed by atoms with Crippen LogP contribution in [0.2, 0.25) is 0 Å². The van der Waals surface area contributed by atoms with Crippen molar-refractivity contribution < 1.29 is 19.4 Å². The quantitative estimate of drug-likeness (QED) is 0.746. The van der Waals surface area contributed by atoms with Crippen molar-refractivity contribution in [2.75, 3.05) is 26.8 Å². The standard InChI is InChI=1S/C14H26N2O4/c1-3-4-5-12(13(17)18)15-14(19)16(2)10-11-6-8-20-9-7-11/h11-12H,3-10H2,1-2H3,(H,15,19)(H,17,18)/t12-/m0/s1. The lowest BCUT2D eigenvalue weighted by atomic mass is 10.00. The Morgan fingerprint density at radius 3 is 2.60 bits per heavy atom. The van der Waals surface area contributed by atoms with Gasteiger partial charge in [0.05, 0.1) is 0 Å². The normalized spacial score (nSPS) is 17.5. The predicted molar refractivity (Wildman–Crippen MR) is 75.7 cm³/mol. The fourth-order valence-electron chi connectivity index (χ4n) is 2.32. The first kappa shape index (κ1) is 16.8. The zero-order valence-electron chi connectivity index (χ0n) is 12.4. The van der Waals surface area contributed by atoms with Gasteiger partial charge in [0.15, 0.2) is 0 Å². The first-order valence-electron chi connectivity index (χ1n) is 7.36. The summed E-state index contributed by atoms with van der Waals surface area (Å²) in [6.45, 7) is 4.13. The lowest BCUT2D eigenvalue weighted by molar-refractivity contribution is -0.139. The Balaban J connectivity index is 2.39. The average Bonchev–Trinajstić information content (AvgIpc) is 2.43. The Kier molecular flexibility index (Phi) is 7.36. The lowest BCUT2D eigenvalue weighted by Gasteiger charge is -2.28. The van der Waals surface area contributed by atoms with Gasteiger partial charge in [0.1, 0.15) is 6.04 Å². The van der Waals surface area contributed by atoms with Gasteiger partial charge < -0.3 is 20.1 Å². The molecular formula is C14H26N2O4. The second-order valence-corrected chi connectivity index (χ2v) is 5.42. The SMILES string of the molecule is CCCC[C@H](NC(=O)N(C)CC1CCOCC1)C(=O)O. The van der Waals surface area contributed by atoms with E-state index in [1.165, 1.54) is 0 Å². The molecule has 1 aliphatic heterocycles. The Morgan fingerprint density at radius 1 is 1.40 bits per heavy atom. The number of nitrogens with zero attached hydrogens (tertiary/aromatic N) is 1. The third kappa shape index (κ3) is 5.77. The molecule has 0 aliphatic carbocycles. The summed E-state index contributed by atoms with van der Waals surface area (Å²) in [5, 5.41) is 11.7. The van der Waals surface area contributed by atoms with Crippen molar-refractivity contribution in [1.29, 1.82) is 0 Å². The Morgan fingerprint density at radius 2 is 2.05 bits per heavy atom. The topological polar surface area (TPSA) is 78.9 Å². The molecule has 0 spiro atoms. The van der Waals surface area contributed by atoms with Crippen LogP contribution < -0.4 is 5.32 Å². The summed E-state index contributed by atoms with van der Waals surface area (Å²) >= 11 is 0. The fourth-order valence-corrected chi connectivity index (χ4v) is 2.32. The van der Waals surface area contributed by atoms with Crippen molar-refractivity contribution in [3.8, 4) is 0 Å². The maximum absolute atomic E-state index is 12.0. The monoisotopic (exact) mass is 286 g/mol. The molecule has 1 heterocycles. The van der Waals surface area contributed by atoms with Crippen molar-refractivity contribution in [2.45, 2.75) is 45.1 Å². The molecule has 0 saturated carbocycles. The van der Waals surface area contributed by atoms with E-state index < -0.39 is 12.0 Å². The molecule has 1 saturated heterocycles. The smallest absolute Gasteiger partial charge is 0.326 e. The van der Waals surface area contributed by atoms with Crippen molar-refractivity contribution in [1.82, 2.24) is 10.2 Å². The minimum absolute atomic E-state index is 0.306. The second-order valence-electron chi connectivity index (χ2n) is 5.42. The van der Waals surface area contributed by atoms with Gasteiger partial charge in [0.2, 0.25) is 0 Å². The molecule has 1 aliphatic rings. The summed E-state index contributed by atoms with van der Waals surface area (Å²) in [4.78, 5) is 24.7. The molecule has 1 fully saturated rings. The largest absolute Gasteiger partial charge is 0.480 e. The summed E-state index contributed by atoms with van der Waals surface area (Å²) in [5.74, 6) is -0.523. The van der Waals surface area contributed by atoms with Crippen LogP contribution >= 0.6 is 0 Å². The first-order valence-corrected chi connectivity index (χ1v) is 7.36. The van der Waals surface area contributed by atoms with Crippen LogP contribution in [-0.4, -0.2) is 54.9 Å². The summed E-state index contributed by atoms with van der Waals surface area (Å²) in [5.41, 5.74) is 0. The van der Waals surface area contributed by atoms with E-state index in [2.05, 4.69) is 5.32 Å². The molecule has 116 valence electrons. The van der Waals surface area contributed by atoms with Gasteiger partial charge in [-0.2, -0.15) is 0 Å². The van der Waals surface area contributed by atoms with Crippen LogP contribution in [0.1, 0.15) is 39.0 Å². The van der Waals surface area contributed by atoms with Crippen molar-refractivity contribution >= 4 is 12.0 Å². The molecule has 0 unspecified atom stereocenters. The van der Waals surface area contributed by atoms with Gasteiger partial charge in [0.25, 0.3) is 0 Å². The van der Waals surface area contributed by atoms with Crippen molar-refractivity contribution in [3.63, 3.8) is 0 Å². The van der Waals surface area contributed by atoms with Gasteiger partial charge >= 0.3 is 12.0 Å². The number of carboxylic acids is 1. The molecule has 2 N–H and O–H groups in total. The van der Waals surface area contributed by atoms with Gasteiger partial charge in [0, 0.05) is 26.8 Å². The number of urea groups is 1. The number of carboxylic acid groups (broad SMARTS) is 1. The van der Waals surface area contributed by atoms with E-state index in [1.54, 1.807) is 11.9 Å². The van der Waals surface area contributed by atoms with E-state index >= 15 is 0 Å². The van der Waals surface area contributed by atoms with Crippen molar-refractivity contribution in [2.24, 2.45) is 5.92 Å². The number of carbonyl (C=O) groups is 2. The van der Waals surface area contributed by atoms with Crippen LogP contribution in [0.3, 0.4) is 0 Å². The molecule has 0 radical (unpaired) electrons. The number of ether oxygens (including phenoxy) is 1. The zero-order chi connectivity index (χ0) is 15.0. The van der Waals surface area contributed by atoms with E-state index in [9.17, 15) is 9.59 Å². The summed E-state index contributed by atoms with van der Waals surface area (Å²) in [6, 6.07) is -1.10. The van der Waals surface area contributed by atoms with Gasteiger partial charge in [-0.05, 0) is 25.2 Å². The van der Waals surface area contributed by atoms with E-state index in [-0.39, 0.29) is 6.03 Å². The van der Waals surface area contributed by atoms with E-state index in [1.807, 2.05) is 6.92 Å². The molecule has 6 nitrogen and oxygen atoms in total. The van der Waals surface area contributed by atoms with E-state index in [0.29, 0.717) is 18.9 Å². The lowest BCUT2D eigenvalue weighted by Crippen LogP contribution is -2.48. The summed E-state index contributed by atoms with van der Waals surface area (Å²) < 4.78 is 5.29. The number of hydrogen-bond acceptors (Lipinski definition) is 3. The van der Waals surface area contributed by atoms with E-state index in [4.69, 9.17) is 9.84 Å². The molecular weight excluding hydrogens is 260 g/mol. The fraction of sp³-hybridized carbons (Fsp3) is 0.857. The number of nitrogens with one attached hydrogen (secondary N) is 1. The zero-order valence-corrected chi connectivity index (χ0v) is 12.4. The Labute approximate surface area is 120 Å². The molecule has 20 heavy (non-hydrogen) atoms. The van der Waals surface area contributed by atoms with Gasteiger partial charge in [-0.3, -0.25) is 0 Å². The predicted octanol–water partition coefficient (Wildman–Crippen LogP) is 1.70. The molecule has 0 aromatic heterocycles. The van der Waals surface area contributed by atoms with Crippen LogP contribution in [0.5, 0.6) is 0 Å². The Hall–Kier alpha value is -1.30. The highest BCUT2D eigenvalue weighted by Gasteiger charge is 2.23. The van der Waals surface area contributed by atoms with Crippen LogP contribution in [0, 0.1) is 5.92 Å². The maximum atomic E-state index is 12.0. The summed E-state index contributed by atoms with van der Waals surface area (Å²) in [7, 11) is 1.71. The number of carbonyl (C=O) groups excluding carboxylic acids is 1. The average molecular weight is 286 g/mol. The molecule has 0 aromatic rings. The van der Waals surface area contributed by atoms with Crippen molar-refractivity contribution in [3.05, 3.63) is 0 Å². The minimum Gasteiger partial charge on any atom is -0.480 e. The number of amides is 2. The minimum atomic E-state index is -0.966. The number of rotatable bonds is 7. The molecule has 2 amide bonds. The molecule has 0 aromatic carbocycles. The Bertz CT molecular complexity index is 316. The van der Waals surface area contributed by atoms with E-state index in [0.717, 1.165) is 38.9 Å². The van der Waals surface area contributed by atoms with Crippen LogP contribution in [0.15, 0.2) is 0 Å². The molecule has 1 atom stereocenters. The highest BCUT2D eigenvalue weighted by atomic mass is 16.5. The van der Waals surface area contributed by atoms with Crippen LogP contribution in [0.25, 0.3) is 0 Å². The number of unbranched alkanes of at least 4 members (excludes halogenated alkanes) is 1. The molecule has 1 rings (SSSR count). The van der Waals surface area contributed by atoms with Crippen LogP contribution in [0.4, 0.5) is 4.79 Å². The number of hydrogen-bond donors (Lipinski definition) is 2.